The Balaban J connectivity index is 1.54. The molecule has 0 saturated heterocycles. The lowest BCUT2D eigenvalue weighted by Gasteiger charge is -1.99. The molecule has 0 bridgehead atoms. The van der Waals surface area contributed by atoms with Gasteiger partial charge in [0, 0.05) is 24.3 Å². The highest BCUT2D eigenvalue weighted by Crippen LogP contribution is 2.23. The molecule has 0 spiro atoms. The van der Waals surface area contributed by atoms with Gasteiger partial charge < -0.3 is 9.73 Å². The standard InChI is InChI=1S/C17H19N5O2S/c1-10(2)16-21-22-17(25-16)18-13(23)8-9-14-19-20-15(24-14)12-6-4-11(3)5-7-12/h4-7,10H,8-9H2,1-3H3,(H,18,22,23). The number of nitrogens with zero attached hydrogens (tertiary/aromatic N) is 4. The Labute approximate surface area is 149 Å². The third-order valence-electron chi connectivity index (χ3n) is 3.51. The van der Waals surface area contributed by atoms with E-state index >= 15 is 0 Å². The number of nitrogens with one attached hydrogen (secondary N) is 1. The lowest BCUT2D eigenvalue weighted by atomic mass is 10.1. The van der Waals surface area contributed by atoms with Gasteiger partial charge in [0.15, 0.2) is 0 Å². The molecule has 0 radical (unpaired) electrons. The second kappa shape index (κ2) is 7.52. The van der Waals surface area contributed by atoms with E-state index in [1.54, 1.807) is 0 Å². The SMILES string of the molecule is Cc1ccc(-c2nnc(CCC(=O)Nc3nnc(C(C)C)s3)o2)cc1. The maximum atomic E-state index is 12.0. The summed E-state index contributed by atoms with van der Waals surface area (Å²) in [6.45, 7) is 6.09. The molecule has 3 rings (SSSR count). The quantitative estimate of drug-likeness (QED) is 0.724. The van der Waals surface area contributed by atoms with Crippen LogP contribution >= 0.6 is 11.3 Å². The molecule has 3 aromatic rings. The van der Waals surface area contributed by atoms with E-state index < -0.39 is 0 Å². The zero-order valence-corrected chi connectivity index (χ0v) is 15.1. The predicted octanol–water partition coefficient (Wildman–Crippen LogP) is 3.59. The summed E-state index contributed by atoms with van der Waals surface area (Å²) in [5.74, 6) is 1.04. The molecule has 0 aliphatic heterocycles. The second-order valence-electron chi connectivity index (χ2n) is 6.02. The van der Waals surface area contributed by atoms with Crippen molar-refractivity contribution in [1.82, 2.24) is 20.4 Å². The number of carbonyl (C=O) groups is 1. The molecule has 8 heteroatoms. The molecule has 0 atom stereocenters. The van der Waals surface area contributed by atoms with E-state index in [1.807, 2.05) is 45.0 Å². The second-order valence-corrected chi connectivity index (χ2v) is 7.02. The highest BCUT2D eigenvalue weighted by atomic mass is 32.1. The van der Waals surface area contributed by atoms with Crippen LogP contribution in [0.4, 0.5) is 5.13 Å². The molecule has 0 aliphatic carbocycles. The Kier molecular flexibility index (Phi) is 5.18. The van der Waals surface area contributed by atoms with Gasteiger partial charge in [-0.25, -0.2) is 0 Å². The lowest BCUT2D eigenvalue weighted by molar-refractivity contribution is -0.116. The van der Waals surface area contributed by atoms with Crippen LogP contribution in [0.5, 0.6) is 0 Å². The van der Waals surface area contributed by atoms with Gasteiger partial charge in [-0.05, 0) is 19.1 Å². The minimum atomic E-state index is -0.151. The van der Waals surface area contributed by atoms with Crippen LogP contribution in [-0.4, -0.2) is 26.3 Å². The van der Waals surface area contributed by atoms with Crippen molar-refractivity contribution in [3.8, 4) is 11.5 Å². The van der Waals surface area contributed by atoms with Crippen molar-refractivity contribution in [2.75, 3.05) is 5.32 Å². The molecule has 0 aliphatic rings. The average molecular weight is 357 g/mol. The van der Waals surface area contributed by atoms with Crippen molar-refractivity contribution in [1.29, 1.82) is 0 Å². The van der Waals surface area contributed by atoms with Crippen LogP contribution in [0.2, 0.25) is 0 Å². The number of aromatic nitrogens is 4. The zero-order chi connectivity index (χ0) is 17.8. The number of carbonyl (C=O) groups excluding carboxylic acids is 1. The van der Waals surface area contributed by atoms with Gasteiger partial charge in [0.2, 0.25) is 22.8 Å². The van der Waals surface area contributed by atoms with Crippen LogP contribution in [0, 0.1) is 6.92 Å². The van der Waals surface area contributed by atoms with Gasteiger partial charge in [-0.3, -0.25) is 4.79 Å². The fraction of sp³-hybridized carbons (Fsp3) is 0.353. The minimum absolute atomic E-state index is 0.151. The molecule has 7 nitrogen and oxygen atoms in total. The summed E-state index contributed by atoms with van der Waals surface area (Å²) in [5.41, 5.74) is 2.03. The Morgan fingerprint density at radius 1 is 1.16 bits per heavy atom. The maximum absolute atomic E-state index is 12.0. The largest absolute Gasteiger partial charge is 0.421 e. The predicted molar refractivity (Wildman–Crippen MR) is 95.4 cm³/mol. The van der Waals surface area contributed by atoms with Crippen molar-refractivity contribution in [2.24, 2.45) is 0 Å². The molecule has 1 aromatic carbocycles. The number of aryl methyl sites for hydroxylation is 2. The Morgan fingerprint density at radius 2 is 1.92 bits per heavy atom. The van der Waals surface area contributed by atoms with Gasteiger partial charge in [0.25, 0.3) is 0 Å². The average Bonchev–Trinajstić information content (AvgIpc) is 3.23. The van der Waals surface area contributed by atoms with Crippen LogP contribution in [-0.2, 0) is 11.2 Å². The molecular weight excluding hydrogens is 338 g/mol. The number of hydrogen-bond acceptors (Lipinski definition) is 7. The Morgan fingerprint density at radius 3 is 2.60 bits per heavy atom. The Hall–Kier alpha value is -2.61. The number of hydrogen-bond donors (Lipinski definition) is 1. The van der Waals surface area contributed by atoms with Crippen molar-refractivity contribution >= 4 is 22.4 Å². The lowest BCUT2D eigenvalue weighted by Crippen LogP contribution is -2.12. The molecular formula is C17H19N5O2S. The number of benzene rings is 1. The molecule has 1 N–H and O–H groups in total. The van der Waals surface area contributed by atoms with Gasteiger partial charge >= 0.3 is 0 Å². The van der Waals surface area contributed by atoms with Gasteiger partial charge in [-0.15, -0.1) is 20.4 Å². The first-order valence-electron chi connectivity index (χ1n) is 8.04. The molecule has 0 unspecified atom stereocenters. The van der Waals surface area contributed by atoms with E-state index in [2.05, 4.69) is 25.7 Å². The normalized spacial score (nSPS) is 11.0. The molecule has 2 heterocycles. The van der Waals surface area contributed by atoms with Crippen molar-refractivity contribution in [2.45, 2.75) is 39.5 Å². The smallest absolute Gasteiger partial charge is 0.247 e. The summed E-state index contributed by atoms with van der Waals surface area (Å²) >= 11 is 1.39. The van der Waals surface area contributed by atoms with Crippen LogP contribution in [0.25, 0.3) is 11.5 Å². The summed E-state index contributed by atoms with van der Waals surface area (Å²) in [6, 6.07) is 7.84. The molecule has 1 amide bonds. The third-order valence-corrected chi connectivity index (χ3v) is 4.65. The number of anilines is 1. The monoisotopic (exact) mass is 357 g/mol. The van der Waals surface area contributed by atoms with Crippen LogP contribution in [0.15, 0.2) is 28.7 Å². The van der Waals surface area contributed by atoms with E-state index in [0.717, 1.165) is 16.1 Å². The molecule has 130 valence electrons. The highest BCUT2D eigenvalue weighted by Gasteiger charge is 2.13. The van der Waals surface area contributed by atoms with E-state index in [4.69, 9.17) is 4.42 Å². The van der Waals surface area contributed by atoms with E-state index in [1.165, 1.54) is 11.3 Å². The first-order valence-corrected chi connectivity index (χ1v) is 8.85. The summed E-state index contributed by atoms with van der Waals surface area (Å²) < 4.78 is 5.62. The van der Waals surface area contributed by atoms with Gasteiger partial charge in [-0.2, -0.15) is 0 Å². The van der Waals surface area contributed by atoms with Gasteiger partial charge in [0.1, 0.15) is 5.01 Å². The summed E-state index contributed by atoms with van der Waals surface area (Å²) in [4.78, 5) is 12.0. The molecule has 25 heavy (non-hydrogen) atoms. The summed E-state index contributed by atoms with van der Waals surface area (Å²) in [7, 11) is 0. The van der Waals surface area contributed by atoms with Crippen molar-refractivity contribution in [3.63, 3.8) is 0 Å². The van der Waals surface area contributed by atoms with Gasteiger partial charge in [0.05, 0.1) is 0 Å². The van der Waals surface area contributed by atoms with E-state index in [0.29, 0.717) is 29.3 Å². The summed E-state index contributed by atoms with van der Waals surface area (Å²) in [5, 5.41) is 20.2. The van der Waals surface area contributed by atoms with Crippen LogP contribution < -0.4 is 5.32 Å². The van der Waals surface area contributed by atoms with Crippen molar-refractivity contribution < 1.29 is 9.21 Å². The number of rotatable bonds is 6. The maximum Gasteiger partial charge on any atom is 0.247 e. The Bertz CT molecular complexity index is 854. The molecule has 2 aromatic heterocycles. The van der Waals surface area contributed by atoms with Gasteiger partial charge in [-0.1, -0.05) is 42.9 Å². The molecule has 0 fully saturated rings. The first-order chi connectivity index (χ1) is 12.0. The minimum Gasteiger partial charge on any atom is -0.421 e. The van der Waals surface area contributed by atoms with Crippen LogP contribution in [0.1, 0.15) is 42.6 Å². The molecule has 0 saturated carbocycles. The third kappa shape index (κ3) is 4.48. The first kappa shape index (κ1) is 17.2. The highest BCUT2D eigenvalue weighted by molar-refractivity contribution is 7.15. The van der Waals surface area contributed by atoms with E-state index in [9.17, 15) is 4.79 Å². The zero-order valence-electron chi connectivity index (χ0n) is 14.3. The number of amides is 1. The topological polar surface area (TPSA) is 93.8 Å². The van der Waals surface area contributed by atoms with Crippen molar-refractivity contribution in [3.05, 3.63) is 40.7 Å². The van der Waals surface area contributed by atoms with E-state index in [-0.39, 0.29) is 12.3 Å². The fourth-order valence-electron chi connectivity index (χ4n) is 2.09. The fourth-order valence-corrected chi connectivity index (χ4v) is 2.85. The summed E-state index contributed by atoms with van der Waals surface area (Å²) in [6.07, 6.45) is 0.618. The van der Waals surface area contributed by atoms with Crippen LogP contribution in [0.3, 0.4) is 0 Å².